The lowest BCUT2D eigenvalue weighted by atomic mass is 9.78. The van der Waals surface area contributed by atoms with Crippen molar-refractivity contribution in [2.75, 3.05) is 0 Å². The van der Waals surface area contributed by atoms with Gasteiger partial charge in [-0.15, -0.1) is 0 Å². The Morgan fingerprint density at radius 3 is 2.31 bits per heavy atom. The fourth-order valence-corrected chi connectivity index (χ4v) is 3.17. The lowest BCUT2D eigenvalue weighted by molar-refractivity contribution is -0.122. The summed E-state index contributed by atoms with van der Waals surface area (Å²) in [7, 11) is 0. The van der Waals surface area contributed by atoms with Crippen molar-refractivity contribution >= 4 is 17.3 Å². The summed E-state index contributed by atoms with van der Waals surface area (Å²) in [5.74, 6) is -3.11. The summed E-state index contributed by atoms with van der Waals surface area (Å²) in [6, 6.07) is 2.31. The maximum atomic E-state index is 12.9. The number of fused-ring (bicyclic) bond motifs is 1. The van der Waals surface area contributed by atoms with Gasteiger partial charge in [0.25, 0.3) is 0 Å². The van der Waals surface area contributed by atoms with E-state index in [1.807, 2.05) is 19.9 Å². The van der Waals surface area contributed by atoms with Gasteiger partial charge in [-0.3, -0.25) is 14.4 Å². The first-order chi connectivity index (χ1) is 12.2. The summed E-state index contributed by atoms with van der Waals surface area (Å²) in [5.41, 5.74) is 0.507. The number of phenolic OH excluding ortho intramolecular Hbond substituents is 2. The van der Waals surface area contributed by atoms with Crippen molar-refractivity contribution in [2.24, 2.45) is 5.92 Å². The minimum Gasteiger partial charge on any atom is -0.507 e. The van der Waals surface area contributed by atoms with Crippen molar-refractivity contribution in [1.82, 2.24) is 0 Å². The van der Waals surface area contributed by atoms with Crippen LogP contribution in [-0.2, 0) is 9.53 Å². The minimum atomic E-state index is -0.841. The van der Waals surface area contributed by atoms with E-state index in [0.717, 1.165) is 23.8 Å². The zero-order valence-corrected chi connectivity index (χ0v) is 14.8. The quantitative estimate of drug-likeness (QED) is 0.477. The predicted molar refractivity (Wildman–Crippen MR) is 93.4 cm³/mol. The molecule has 1 fully saturated rings. The molecule has 3 rings (SSSR count). The summed E-state index contributed by atoms with van der Waals surface area (Å²) in [4.78, 5) is 38.2. The number of hydrogen-bond acceptors (Lipinski definition) is 6. The van der Waals surface area contributed by atoms with E-state index in [-0.39, 0.29) is 40.8 Å². The first-order valence-electron chi connectivity index (χ1n) is 8.40. The van der Waals surface area contributed by atoms with Crippen molar-refractivity contribution < 1.29 is 29.3 Å². The van der Waals surface area contributed by atoms with Gasteiger partial charge in [0.2, 0.25) is 0 Å². The molecule has 1 aliphatic heterocycles. The Balaban J connectivity index is 2.06. The Labute approximate surface area is 150 Å². The third kappa shape index (κ3) is 3.08. The molecule has 1 heterocycles. The predicted octanol–water partition coefficient (Wildman–Crippen LogP) is 2.73. The number of benzene rings is 1. The average Bonchev–Trinajstić information content (AvgIpc) is 3.30. The van der Waals surface area contributed by atoms with Crippen LogP contribution in [-0.4, -0.2) is 39.8 Å². The number of Topliss-reactive ketones (excluding diaryl/α,β-unsaturated/α-hetero) is 2. The number of ketones is 3. The Kier molecular flexibility index (Phi) is 4.54. The maximum Gasteiger partial charge on any atom is 0.194 e. The molecule has 0 amide bonds. The number of carbonyl (C=O) groups excluding carboxylic acids is 3. The summed E-state index contributed by atoms with van der Waals surface area (Å²) in [5, 5.41) is 20.0. The number of epoxide rings is 1. The lowest BCUT2D eigenvalue weighted by Crippen LogP contribution is -2.29. The van der Waals surface area contributed by atoms with Gasteiger partial charge in [0.1, 0.15) is 17.6 Å². The third-order valence-corrected chi connectivity index (χ3v) is 4.66. The molecule has 1 aliphatic carbocycles. The Bertz CT molecular complexity index is 873. The minimum absolute atomic E-state index is 0.0219. The topological polar surface area (TPSA) is 104 Å². The van der Waals surface area contributed by atoms with Crippen molar-refractivity contribution in [3.05, 3.63) is 46.6 Å². The second kappa shape index (κ2) is 6.53. The molecule has 0 saturated carbocycles. The molecule has 1 aromatic rings. The summed E-state index contributed by atoms with van der Waals surface area (Å²) in [6.45, 7) is 5.51. The van der Waals surface area contributed by atoms with Crippen LogP contribution >= 0.6 is 0 Å². The van der Waals surface area contributed by atoms with Crippen LogP contribution in [0.15, 0.2) is 35.4 Å². The van der Waals surface area contributed by atoms with Crippen molar-refractivity contribution in [1.29, 1.82) is 0 Å². The number of hydrogen-bond donors (Lipinski definition) is 2. The Morgan fingerprint density at radius 2 is 1.77 bits per heavy atom. The van der Waals surface area contributed by atoms with E-state index in [9.17, 15) is 24.6 Å². The highest BCUT2D eigenvalue weighted by Crippen LogP contribution is 2.39. The average molecular weight is 356 g/mol. The zero-order chi connectivity index (χ0) is 19.2. The molecule has 1 aromatic carbocycles. The normalized spacial score (nSPS) is 22.3. The number of aromatic hydroxyl groups is 2. The lowest BCUT2D eigenvalue weighted by Gasteiger charge is -2.22. The highest BCUT2D eigenvalue weighted by Gasteiger charge is 2.46. The fourth-order valence-electron chi connectivity index (χ4n) is 3.17. The van der Waals surface area contributed by atoms with Gasteiger partial charge >= 0.3 is 0 Å². The monoisotopic (exact) mass is 356 g/mol. The van der Waals surface area contributed by atoms with Gasteiger partial charge in [0.15, 0.2) is 17.3 Å². The molecule has 0 aromatic heterocycles. The van der Waals surface area contributed by atoms with E-state index in [0.29, 0.717) is 0 Å². The number of ether oxygens (including phenoxy) is 1. The van der Waals surface area contributed by atoms with Gasteiger partial charge in [-0.05, 0) is 45.4 Å². The van der Waals surface area contributed by atoms with Gasteiger partial charge in [-0.1, -0.05) is 11.6 Å². The van der Waals surface area contributed by atoms with Crippen LogP contribution in [0.5, 0.6) is 11.5 Å². The van der Waals surface area contributed by atoms with Crippen molar-refractivity contribution in [3.8, 4) is 11.5 Å². The molecule has 136 valence electrons. The molecule has 0 spiro atoms. The maximum absolute atomic E-state index is 12.9. The summed E-state index contributed by atoms with van der Waals surface area (Å²) >= 11 is 0. The molecule has 6 heteroatoms. The van der Waals surface area contributed by atoms with Crippen LogP contribution in [0.3, 0.4) is 0 Å². The van der Waals surface area contributed by atoms with E-state index >= 15 is 0 Å². The van der Waals surface area contributed by atoms with Crippen LogP contribution in [0, 0.1) is 5.92 Å². The molecule has 2 unspecified atom stereocenters. The van der Waals surface area contributed by atoms with Crippen LogP contribution in [0.25, 0.3) is 0 Å². The van der Waals surface area contributed by atoms with E-state index in [4.69, 9.17) is 4.74 Å². The van der Waals surface area contributed by atoms with E-state index in [2.05, 4.69) is 0 Å². The molecule has 2 N–H and O–H groups in total. The van der Waals surface area contributed by atoms with E-state index < -0.39 is 29.3 Å². The number of phenols is 2. The molecule has 1 saturated heterocycles. The molecule has 26 heavy (non-hydrogen) atoms. The van der Waals surface area contributed by atoms with Crippen LogP contribution in [0.2, 0.25) is 0 Å². The molecule has 0 radical (unpaired) electrons. The Hall–Kier alpha value is -2.73. The Morgan fingerprint density at radius 1 is 1.19 bits per heavy atom. The first-order valence-corrected chi connectivity index (χ1v) is 8.40. The second-order valence-electron chi connectivity index (χ2n) is 6.88. The van der Waals surface area contributed by atoms with Gasteiger partial charge in [0.05, 0.1) is 23.1 Å². The van der Waals surface area contributed by atoms with E-state index in [1.165, 1.54) is 0 Å². The number of carbonyl (C=O) groups is 3. The first kappa shape index (κ1) is 18.1. The highest BCUT2D eigenvalue weighted by molar-refractivity contribution is 6.28. The third-order valence-electron chi connectivity index (χ3n) is 4.66. The molecule has 3 atom stereocenters. The zero-order valence-electron chi connectivity index (χ0n) is 14.8. The molecular formula is C20H20O6. The van der Waals surface area contributed by atoms with Crippen LogP contribution in [0.1, 0.15) is 47.9 Å². The van der Waals surface area contributed by atoms with Crippen molar-refractivity contribution in [2.45, 2.75) is 39.4 Å². The van der Waals surface area contributed by atoms with E-state index in [1.54, 1.807) is 6.92 Å². The molecule has 0 bridgehead atoms. The van der Waals surface area contributed by atoms with Gasteiger partial charge < -0.3 is 14.9 Å². The van der Waals surface area contributed by atoms with Crippen LogP contribution < -0.4 is 0 Å². The van der Waals surface area contributed by atoms with Crippen LogP contribution in [0.4, 0.5) is 0 Å². The standard InChI is InChI=1S/C20H20O6/c1-9(2)4-5-11(19(25)20-10(3)26-20)12-8-15(23)16-13(21)6-7-14(22)17(16)18(12)24/h4,6-8,10-11,20-22H,5H2,1-3H3/t10?,11-,20?/m1/s1. The van der Waals surface area contributed by atoms with Crippen molar-refractivity contribution in [3.63, 3.8) is 0 Å². The van der Waals surface area contributed by atoms with Gasteiger partial charge in [0, 0.05) is 5.57 Å². The fraction of sp³-hybridized carbons (Fsp3) is 0.350. The second-order valence-corrected chi connectivity index (χ2v) is 6.88. The summed E-state index contributed by atoms with van der Waals surface area (Å²) in [6.07, 6.45) is 2.38. The summed E-state index contributed by atoms with van der Waals surface area (Å²) < 4.78 is 5.25. The SMILES string of the molecule is CC(C)=CC[C@@H](C(=O)C1OC1C)C1=CC(=O)c2c(O)ccc(O)c2C1=O. The highest BCUT2D eigenvalue weighted by atomic mass is 16.6. The molecular weight excluding hydrogens is 336 g/mol. The smallest absolute Gasteiger partial charge is 0.194 e. The van der Waals surface area contributed by atoms with Gasteiger partial charge in [-0.2, -0.15) is 0 Å². The van der Waals surface area contributed by atoms with Gasteiger partial charge in [-0.25, -0.2) is 0 Å². The molecule has 6 nitrogen and oxygen atoms in total. The number of rotatable bonds is 5. The molecule has 2 aliphatic rings. The number of allylic oxidation sites excluding steroid dienone is 4. The largest absolute Gasteiger partial charge is 0.507 e.